The van der Waals surface area contributed by atoms with Gasteiger partial charge in [0.1, 0.15) is 11.6 Å². The summed E-state index contributed by atoms with van der Waals surface area (Å²) in [5.41, 5.74) is 11.1. The van der Waals surface area contributed by atoms with Gasteiger partial charge < -0.3 is 15.5 Å². The van der Waals surface area contributed by atoms with Crippen LogP contribution in [0.3, 0.4) is 0 Å². The van der Waals surface area contributed by atoms with Crippen LogP contribution in [0.25, 0.3) is 11.3 Å². The van der Waals surface area contributed by atoms with Crippen molar-refractivity contribution in [2.45, 2.75) is 27.2 Å². The number of methoxy groups -OCH3 is 1. The Labute approximate surface area is 114 Å². The van der Waals surface area contributed by atoms with Crippen LogP contribution in [-0.2, 0) is 6.42 Å². The molecular weight excluding hydrogens is 238 g/mol. The number of H-pyrrole nitrogens is 1. The summed E-state index contributed by atoms with van der Waals surface area (Å²) in [6, 6.07) is 4.19. The Hall–Kier alpha value is -1.81. The molecule has 4 nitrogen and oxygen atoms in total. The standard InChI is InChI=1S/C15H21N3O/c1-9-7-12(13(19-4)8-10(9)2)15-11(3)17-14(18-15)5-6-16/h7-8H,5-6,16H2,1-4H3,(H,17,18). The summed E-state index contributed by atoms with van der Waals surface area (Å²) in [5, 5.41) is 0. The highest BCUT2D eigenvalue weighted by molar-refractivity contribution is 5.71. The van der Waals surface area contributed by atoms with Crippen LogP contribution in [0.15, 0.2) is 12.1 Å². The van der Waals surface area contributed by atoms with Crippen LogP contribution in [0.1, 0.15) is 22.6 Å². The van der Waals surface area contributed by atoms with Gasteiger partial charge in [0, 0.05) is 17.7 Å². The largest absolute Gasteiger partial charge is 0.496 e. The third-order valence-corrected chi connectivity index (χ3v) is 3.39. The smallest absolute Gasteiger partial charge is 0.128 e. The van der Waals surface area contributed by atoms with Gasteiger partial charge in [-0.2, -0.15) is 0 Å². The molecule has 0 aliphatic carbocycles. The Kier molecular flexibility index (Phi) is 3.90. The van der Waals surface area contributed by atoms with E-state index in [2.05, 4.69) is 35.9 Å². The second-order valence-corrected chi connectivity index (χ2v) is 4.83. The van der Waals surface area contributed by atoms with Crippen molar-refractivity contribution in [1.82, 2.24) is 9.97 Å². The second-order valence-electron chi connectivity index (χ2n) is 4.83. The van der Waals surface area contributed by atoms with E-state index >= 15 is 0 Å². The summed E-state index contributed by atoms with van der Waals surface area (Å²) in [4.78, 5) is 7.92. The summed E-state index contributed by atoms with van der Waals surface area (Å²) in [6.07, 6.45) is 0.758. The van der Waals surface area contributed by atoms with Crippen LogP contribution in [0.2, 0.25) is 0 Å². The van der Waals surface area contributed by atoms with E-state index in [0.29, 0.717) is 6.54 Å². The highest BCUT2D eigenvalue weighted by atomic mass is 16.5. The Morgan fingerprint density at radius 2 is 1.89 bits per heavy atom. The number of hydrogen-bond donors (Lipinski definition) is 2. The normalized spacial score (nSPS) is 10.8. The van der Waals surface area contributed by atoms with Crippen LogP contribution >= 0.6 is 0 Å². The van der Waals surface area contributed by atoms with E-state index in [1.807, 2.05) is 6.92 Å². The molecule has 0 atom stereocenters. The molecule has 0 fully saturated rings. The zero-order valence-corrected chi connectivity index (χ0v) is 12.0. The molecule has 1 aromatic carbocycles. The first kappa shape index (κ1) is 13.6. The maximum absolute atomic E-state index is 5.57. The fourth-order valence-electron chi connectivity index (χ4n) is 2.18. The molecule has 2 rings (SSSR count). The minimum absolute atomic E-state index is 0.594. The molecule has 0 saturated heterocycles. The second kappa shape index (κ2) is 5.45. The van der Waals surface area contributed by atoms with E-state index in [0.717, 1.165) is 34.9 Å². The predicted octanol–water partition coefficient (Wildman–Crippen LogP) is 2.51. The first-order chi connectivity index (χ1) is 9.06. The zero-order valence-electron chi connectivity index (χ0n) is 12.0. The van der Waals surface area contributed by atoms with Crippen LogP contribution in [0, 0.1) is 20.8 Å². The number of aryl methyl sites for hydroxylation is 3. The Morgan fingerprint density at radius 3 is 2.53 bits per heavy atom. The van der Waals surface area contributed by atoms with Gasteiger partial charge in [0.25, 0.3) is 0 Å². The number of nitrogens with one attached hydrogen (secondary N) is 1. The molecule has 0 saturated carbocycles. The van der Waals surface area contributed by atoms with Gasteiger partial charge >= 0.3 is 0 Å². The molecule has 0 aliphatic rings. The van der Waals surface area contributed by atoms with Crippen LogP contribution in [-0.4, -0.2) is 23.6 Å². The molecule has 19 heavy (non-hydrogen) atoms. The number of aromatic amines is 1. The first-order valence-electron chi connectivity index (χ1n) is 6.48. The molecule has 0 aliphatic heterocycles. The molecular formula is C15H21N3O. The number of nitrogens with zero attached hydrogens (tertiary/aromatic N) is 1. The summed E-state index contributed by atoms with van der Waals surface area (Å²) < 4.78 is 5.48. The van der Waals surface area contributed by atoms with Crippen molar-refractivity contribution in [3.8, 4) is 17.0 Å². The van der Waals surface area contributed by atoms with Crippen molar-refractivity contribution in [2.24, 2.45) is 5.73 Å². The van der Waals surface area contributed by atoms with Crippen LogP contribution in [0.5, 0.6) is 5.75 Å². The molecule has 0 unspecified atom stereocenters. The lowest BCUT2D eigenvalue weighted by atomic mass is 10.0. The molecule has 0 radical (unpaired) electrons. The SMILES string of the molecule is COc1cc(C)c(C)cc1-c1nc(CCN)[nH]c1C. The first-order valence-corrected chi connectivity index (χ1v) is 6.48. The van der Waals surface area contributed by atoms with Crippen LogP contribution in [0.4, 0.5) is 0 Å². The minimum atomic E-state index is 0.594. The average Bonchev–Trinajstić information content (AvgIpc) is 2.73. The fraction of sp³-hybridized carbons (Fsp3) is 0.400. The van der Waals surface area contributed by atoms with Gasteiger partial charge in [-0.25, -0.2) is 4.98 Å². The number of benzene rings is 1. The van der Waals surface area contributed by atoms with Gasteiger partial charge in [-0.15, -0.1) is 0 Å². The minimum Gasteiger partial charge on any atom is -0.496 e. The van der Waals surface area contributed by atoms with Crippen molar-refractivity contribution in [1.29, 1.82) is 0 Å². The lowest BCUT2D eigenvalue weighted by molar-refractivity contribution is 0.416. The maximum Gasteiger partial charge on any atom is 0.128 e. The lowest BCUT2D eigenvalue weighted by Crippen LogP contribution is -2.03. The molecule has 4 heteroatoms. The third kappa shape index (κ3) is 2.63. The van der Waals surface area contributed by atoms with Gasteiger partial charge in [-0.3, -0.25) is 0 Å². The highest BCUT2D eigenvalue weighted by Gasteiger charge is 2.14. The Balaban J connectivity index is 2.54. The average molecular weight is 259 g/mol. The van der Waals surface area contributed by atoms with Gasteiger partial charge in [0.2, 0.25) is 0 Å². The molecule has 0 bridgehead atoms. The van der Waals surface area contributed by atoms with Crippen molar-refractivity contribution >= 4 is 0 Å². The molecule has 1 heterocycles. The van der Waals surface area contributed by atoms with Crippen molar-refractivity contribution < 1.29 is 4.74 Å². The summed E-state index contributed by atoms with van der Waals surface area (Å²) in [7, 11) is 1.69. The molecule has 3 N–H and O–H groups in total. The van der Waals surface area contributed by atoms with Crippen molar-refractivity contribution in [3.05, 3.63) is 34.8 Å². The van der Waals surface area contributed by atoms with Gasteiger partial charge in [0.05, 0.1) is 12.8 Å². The third-order valence-electron chi connectivity index (χ3n) is 3.39. The number of imidazole rings is 1. The molecule has 102 valence electrons. The summed E-state index contributed by atoms with van der Waals surface area (Å²) in [5.74, 6) is 1.78. The number of nitrogens with two attached hydrogens (primary N) is 1. The highest BCUT2D eigenvalue weighted by Crippen LogP contribution is 2.33. The predicted molar refractivity (Wildman–Crippen MR) is 77.5 cm³/mol. The summed E-state index contributed by atoms with van der Waals surface area (Å²) in [6.45, 7) is 6.80. The summed E-state index contributed by atoms with van der Waals surface area (Å²) >= 11 is 0. The van der Waals surface area contributed by atoms with E-state index in [1.165, 1.54) is 11.1 Å². The number of ether oxygens (including phenoxy) is 1. The molecule has 1 aromatic heterocycles. The van der Waals surface area contributed by atoms with Gasteiger partial charge in [-0.1, -0.05) is 0 Å². The molecule has 2 aromatic rings. The van der Waals surface area contributed by atoms with E-state index in [1.54, 1.807) is 7.11 Å². The van der Waals surface area contributed by atoms with Gasteiger partial charge in [0.15, 0.2) is 0 Å². The number of rotatable bonds is 4. The fourth-order valence-corrected chi connectivity index (χ4v) is 2.18. The Bertz CT molecular complexity index is 587. The van der Waals surface area contributed by atoms with E-state index < -0.39 is 0 Å². The molecule has 0 spiro atoms. The molecule has 0 amide bonds. The van der Waals surface area contributed by atoms with E-state index in [9.17, 15) is 0 Å². The Morgan fingerprint density at radius 1 is 1.21 bits per heavy atom. The topological polar surface area (TPSA) is 63.9 Å². The van der Waals surface area contributed by atoms with Crippen molar-refractivity contribution in [3.63, 3.8) is 0 Å². The maximum atomic E-state index is 5.57. The zero-order chi connectivity index (χ0) is 14.0. The van der Waals surface area contributed by atoms with Gasteiger partial charge in [-0.05, 0) is 50.6 Å². The van der Waals surface area contributed by atoms with Crippen LogP contribution < -0.4 is 10.5 Å². The number of hydrogen-bond acceptors (Lipinski definition) is 3. The monoisotopic (exact) mass is 259 g/mol. The van der Waals surface area contributed by atoms with E-state index in [4.69, 9.17) is 10.5 Å². The van der Waals surface area contributed by atoms with E-state index in [-0.39, 0.29) is 0 Å². The van der Waals surface area contributed by atoms with Crippen molar-refractivity contribution in [2.75, 3.05) is 13.7 Å². The quantitative estimate of drug-likeness (QED) is 0.886. The number of aromatic nitrogens is 2. The lowest BCUT2D eigenvalue weighted by Gasteiger charge is -2.10.